The third kappa shape index (κ3) is 3.66. The van der Waals surface area contributed by atoms with Gasteiger partial charge in [-0.3, -0.25) is 9.48 Å². The van der Waals surface area contributed by atoms with Gasteiger partial charge in [-0.25, -0.2) is 4.98 Å². The number of nitrogens with one attached hydrogen (secondary N) is 1. The predicted octanol–water partition coefficient (Wildman–Crippen LogP) is 4.49. The number of amides is 1. The molecule has 0 bridgehead atoms. The number of hydrogen-bond donors (Lipinski definition) is 1. The average molecular weight is 414 g/mol. The van der Waals surface area contributed by atoms with Crippen LogP contribution in [0.2, 0.25) is 0 Å². The van der Waals surface area contributed by atoms with Crippen molar-refractivity contribution >= 4 is 16.9 Å². The molecule has 3 aromatic heterocycles. The van der Waals surface area contributed by atoms with Gasteiger partial charge in [0.05, 0.1) is 28.5 Å². The Bertz CT molecular complexity index is 1230. The van der Waals surface area contributed by atoms with Crippen LogP contribution in [0.25, 0.3) is 22.5 Å². The van der Waals surface area contributed by atoms with Crippen molar-refractivity contribution in [2.75, 3.05) is 0 Å². The Morgan fingerprint density at radius 1 is 1.20 bits per heavy atom. The molecule has 0 fully saturated rings. The van der Waals surface area contributed by atoms with Gasteiger partial charge in [-0.1, -0.05) is 12.1 Å². The number of pyridine rings is 1. The van der Waals surface area contributed by atoms with Crippen molar-refractivity contribution in [3.8, 4) is 11.5 Å². The van der Waals surface area contributed by atoms with Crippen LogP contribution in [0.5, 0.6) is 0 Å². The molecule has 9 heteroatoms. The standard InChI is InChI=1S/C21H17F3N4O2/c1-12-18-15(10-16(17-7-4-8-30-17)26-19(18)28(2)27-12)20(29)25-11-13-5-3-6-14(9-13)21(22,23)24/h3-10H,11H2,1-2H3,(H,25,29). The summed E-state index contributed by atoms with van der Waals surface area (Å²) in [6.45, 7) is 1.71. The molecule has 0 spiro atoms. The molecule has 0 saturated carbocycles. The first-order valence-corrected chi connectivity index (χ1v) is 9.06. The minimum absolute atomic E-state index is 0.0536. The topological polar surface area (TPSA) is 73.0 Å². The Morgan fingerprint density at radius 3 is 2.70 bits per heavy atom. The number of alkyl halides is 3. The molecule has 1 N–H and O–H groups in total. The van der Waals surface area contributed by atoms with Gasteiger partial charge >= 0.3 is 6.18 Å². The van der Waals surface area contributed by atoms with Crippen molar-refractivity contribution in [1.82, 2.24) is 20.1 Å². The molecule has 0 radical (unpaired) electrons. The van der Waals surface area contributed by atoms with Crippen LogP contribution in [-0.4, -0.2) is 20.7 Å². The highest BCUT2D eigenvalue weighted by molar-refractivity contribution is 6.07. The molecule has 0 aliphatic heterocycles. The Labute approximate surface area is 169 Å². The van der Waals surface area contributed by atoms with Crippen LogP contribution in [-0.2, 0) is 19.8 Å². The number of carbonyl (C=O) groups excluding carboxylic acids is 1. The monoisotopic (exact) mass is 414 g/mol. The lowest BCUT2D eigenvalue weighted by atomic mass is 10.1. The number of benzene rings is 1. The van der Waals surface area contributed by atoms with E-state index >= 15 is 0 Å². The van der Waals surface area contributed by atoms with E-state index < -0.39 is 17.6 Å². The lowest BCUT2D eigenvalue weighted by Crippen LogP contribution is -2.23. The van der Waals surface area contributed by atoms with Gasteiger partial charge in [0.25, 0.3) is 5.91 Å². The first kappa shape index (κ1) is 19.7. The molecular weight excluding hydrogens is 397 g/mol. The predicted molar refractivity (Wildman–Crippen MR) is 104 cm³/mol. The van der Waals surface area contributed by atoms with E-state index in [1.165, 1.54) is 18.4 Å². The van der Waals surface area contributed by atoms with Crippen LogP contribution < -0.4 is 5.32 Å². The van der Waals surface area contributed by atoms with Crippen LogP contribution in [0, 0.1) is 6.92 Å². The van der Waals surface area contributed by atoms with Crippen LogP contribution >= 0.6 is 0 Å². The zero-order chi connectivity index (χ0) is 21.5. The Morgan fingerprint density at radius 2 is 2.00 bits per heavy atom. The molecule has 0 unspecified atom stereocenters. The quantitative estimate of drug-likeness (QED) is 0.534. The second kappa shape index (κ2) is 7.33. The summed E-state index contributed by atoms with van der Waals surface area (Å²) < 4.78 is 45.7. The van der Waals surface area contributed by atoms with Gasteiger partial charge in [-0.15, -0.1) is 0 Å². The summed E-state index contributed by atoms with van der Waals surface area (Å²) in [7, 11) is 1.72. The molecule has 4 rings (SSSR count). The number of rotatable bonds is 4. The van der Waals surface area contributed by atoms with Crippen LogP contribution in [0.15, 0.2) is 53.1 Å². The molecule has 0 atom stereocenters. The fourth-order valence-corrected chi connectivity index (χ4v) is 3.31. The average Bonchev–Trinajstić information content (AvgIpc) is 3.34. The fourth-order valence-electron chi connectivity index (χ4n) is 3.31. The van der Waals surface area contributed by atoms with E-state index in [2.05, 4.69) is 15.4 Å². The summed E-state index contributed by atoms with van der Waals surface area (Å²) >= 11 is 0. The number of hydrogen-bond acceptors (Lipinski definition) is 4. The van der Waals surface area contributed by atoms with Crippen molar-refractivity contribution in [1.29, 1.82) is 0 Å². The first-order valence-electron chi connectivity index (χ1n) is 9.06. The maximum atomic E-state index is 13.0. The third-order valence-corrected chi connectivity index (χ3v) is 4.69. The third-order valence-electron chi connectivity index (χ3n) is 4.69. The van der Waals surface area contributed by atoms with E-state index in [9.17, 15) is 18.0 Å². The van der Waals surface area contributed by atoms with Crippen LogP contribution in [0.3, 0.4) is 0 Å². The van der Waals surface area contributed by atoms with Crippen molar-refractivity contribution < 1.29 is 22.4 Å². The molecule has 3 heterocycles. The van der Waals surface area contributed by atoms with Gasteiger partial charge in [0.1, 0.15) is 5.69 Å². The van der Waals surface area contributed by atoms with Gasteiger partial charge in [0.2, 0.25) is 0 Å². The summed E-state index contributed by atoms with van der Waals surface area (Å²) in [4.78, 5) is 17.5. The number of halogens is 3. The summed E-state index contributed by atoms with van der Waals surface area (Å²) in [5.74, 6) is 0.0476. The van der Waals surface area contributed by atoms with E-state index in [0.717, 1.165) is 12.1 Å². The maximum absolute atomic E-state index is 13.0. The lowest BCUT2D eigenvalue weighted by molar-refractivity contribution is -0.137. The highest BCUT2D eigenvalue weighted by Crippen LogP contribution is 2.30. The van der Waals surface area contributed by atoms with Crippen LogP contribution in [0.4, 0.5) is 13.2 Å². The highest BCUT2D eigenvalue weighted by atomic mass is 19.4. The molecular formula is C21H17F3N4O2. The number of aromatic nitrogens is 3. The minimum Gasteiger partial charge on any atom is -0.463 e. The van der Waals surface area contributed by atoms with Gasteiger partial charge in [-0.2, -0.15) is 18.3 Å². The Balaban J connectivity index is 1.68. The van der Waals surface area contributed by atoms with Gasteiger partial charge < -0.3 is 9.73 Å². The second-order valence-corrected chi connectivity index (χ2v) is 6.82. The molecule has 30 heavy (non-hydrogen) atoms. The lowest BCUT2D eigenvalue weighted by Gasteiger charge is -2.11. The molecule has 0 aliphatic carbocycles. The highest BCUT2D eigenvalue weighted by Gasteiger charge is 2.30. The molecule has 0 aliphatic rings. The fraction of sp³-hybridized carbons (Fsp3) is 0.190. The number of fused-ring (bicyclic) bond motifs is 1. The van der Waals surface area contributed by atoms with Crippen molar-refractivity contribution in [2.24, 2.45) is 7.05 Å². The van der Waals surface area contributed by atoms with Gasteiger partial charge in [0, 0.05) is 13.6 Å². The Kier molecular flexibility index (Phi) is 4.81. The minimum atomic E-state index is -4.44. The van der Waals surface area contributed by atoms with Gasteiger partial charge in [0.15, 0.2) is 11.4 Å². The smallest absolute Gasteiger partial charge is 0.416 e. The molecule has 1 aromatic carbocycles. The summed E-state index contributed by atoms with van der Waals surface area (Å²) in [5.41, 5.74) is 1.49. The van der Waals surface area contributed by atoms with E-state index in [1.54, 1.807) is 36.9 Å². The van der Waals surface area contributed by atoms with Crippen LogP contribution in [0.1, 0.15) is 27.2 Å². The molecule has 154 valence electrons. The number of furan rings is 1. The number of aryl methyl sites for hydroxylation is 2. The Hall–Kier alpha value is -3.62. The SMILES string of the molecule is Cc1nn(C)c2nc(-c3ccco3)cc(C(=O)NCc3cccc(C(F)(F)F)c3)c12. The zero-order valence-electron chi connectivity index (χ0n) is 16.1. The van der Waals surface area contributed by atoms with Gasteiger partial charge in [-0.05, 0) is 42.8 Å². The van der Waals surface area contributed by atoms with E-state index in [4.69, 9.17) is 4.42 Å². The van der Waals surface area contributed by atoms with Crippen molar-refractivity contribution in [2.45, 2.75) is 19.6 Å². The largest absolute Gasteiger partial charge is 0.463 e. The summed E-state index contributed by atoms with van der Waals surface area (Å²) in [5, 5.41) is 7.60. The number of carbonyl (C=O) groups is 1. The zero-order valence-corrected chi connectivity index (χ0v) is 16.1. The maximum Gasteiger partial charge on any atom is 0.416 e. The summed E-state index contributed by atoms with van der Waals surface area (Å²) in [6.07, 6.45) is -2.94. The summed E-state index contributed by atoms with van der Waals surface area (Å²) in [6, 6.07) is 9.89. The van der Waals surface area contributed by atoms with Crippen molar-refractivity contribution in [3.63, 3.8) is 0 Å². The normalized spacial score (nSPS) is 11.8. The van der Waals surface area contributed by atoms with E-state index in [0.29, 0.717) is 39.3 Å². The first-order chi connectivity index (χ1) is 14.2. The second-order valence-electron chi connectivity index (χ2n) is 6.82. The molecule has 1 amide bonds. The molecule has 0 saturated heterocycles. The molecule has 6 nitrogen and oxygen atoms in total. The van der Waals surface area contributed by atoms with Crippen molar-refractivity contribution in [3.05, 3.63) is 71.1 Å². The molecule has 4 aromatic rings. The van der Waals surface area contributed by atoms with E-state index in [1.807, 2.05) is 0 Å². The van der Waals surface area contributed by atoms with E-state index in [-0.39, 0.29) is 6.54 Å². The number of nitrogens with zero attached hydrogens (tertiary/aromatic N) is 3.